The van der Waals surface area contributed by atoms with Crippen LogP contribution >= 0.6 is 0 Å². The average molecular weight is 343 g/mol. The quantitative estimate of drug-likeness (QED) is 0.857. The number of carbonyl (C=O) groups excluding carboxylic acids is 1. The van der Waals surface area contributed by atoms with Crippen LogP contribution in [0, 0.1) is 12.7 Å². The first-order valence-corrected chi connectivity index (χ1v) is 8.70. The molecule has 0 bridgehead atoms. The molecule has 25 heavy (non-hydrogen) atoms. The van der Waals surface area contributed by atoms with E-state index in [4.69, 9.17) is 0 Å². The Kier molecular flexibility index (Phi) is 4.97. The van der Waals surface area contributed by atoms with Crippen LogP contribution in [-0.2, 0) is 13.0 Å². The van der Waals surface area contributed by atoms with Crippen molar-refractivity contribution in [3.05, 3.63) is 57.3 Å². The number of halogens is 1. The number of unbranched alkanes of at least 4 members (excludes halogenated alkanes) is 1. The van der Waals surface area contributed by atoms with Gasteiger partial charge in [-0.2, -0.15) is 5.10 Å². The fourth-order valence-corrected chi connectivity index (χ4v) is 3.21. The second-order valence-electron chi connectivity index (χ2n) is 6.45. The average Bonchev–Trinajstić information content (AvgIpc) is 2.59. The highest BCUT2D eigenvalue weighted by molar-refractivity contribution is 6.05. The van der Waals surface area contributed by atoms with Crippen LogP contribution < -0.4 is 10.5 Å². The van der Waals surface area contributed by atoms with Gasteiger partial charge in [0.05, 0.1) is 5.69 Å². The Labute approximate surface area is 146 Å². The molecule has 1 amide bonds. The maximum atomic E-state index is 14.5. The highest BCUT2D eigenvalue weighted by atomic mass is 19.1. The largest absolute Gasteiger partial charge is 0.304 e. The monoisotopic (exact) mass is 343 g/mol. The molecule has 0 aliphatic carbocycles. The van der Waals surface area contributed by atoms with E-state index in [0.717, 1.165) is 36.8 Å². The number of anilines is 1. The number of amides is 1. The van der Waals surface area contributed by atoms with Crippen molar-refractivity contribution >= 4 is 11.6 Å². The molecule has 0 fully saturated rings. The molecule has 0 radical (unpaired) electrons. The molecule has 0 N–H and O–H groups in total. The van der Waals surface area contributed by atoms with Crippen LogP contribution in [0.5, 0.6) is 0 Å². The van der Waals surface area contributed by atoms with E-state index in [1.165, 1.54) is 27.8 Å². The lowest BCUT2D eigenvalue weighted by molar-refractivity contribution is 0.0976. The zero-order valence-electron chi connectivity index (χ0n) is 14.6. The van der Waals surface area contributed by atoms with Gasteiger partial charge in [-0.25, -0.2) is 9.07 Å². The van der Waals surface area contributed by atoms with Crippen molar-refractivity contribution in [2.24, 2.45) is 0 Å². The Morgan fingerprint density at radius 1 is 1.32 bits per heavy atom. The van der Waals surface area contributed by atoms with Gasteiger partial charge in [0.1, 0.15) is 11.5 Å². The van der Waals surface area contributed by atoms with Crippen molar-refractivity contribution in [1.29, 1.82) is 0 Å². The Balaban J connectivity index is 1.97. The van der Waals surface area contributed by atoms with Gasteiger partial charge in [-0.15, -0.1) is 0 Å². The lowest BCUT2D eigenvalue weighted by atomic mass is 9.98. The maximum Gasteiger partial charge on any atom is 0.278 e. The fraction of sp³-hybridized carbons (Fsp3) is 0.421. The van der Waals surface area contributed by atoms with Gasteiger partial charge in [-0.1, -0.05) is 19.4 Å². The van der Waals surface area contributed by atoms with E-state index in [0.29, 0.717) is 18.8 Å². The van der Waals surface area contributed by atoms with E-state index in [1.54, 1.807) is 0 Å². The summed E-state index contributed by atoms with van der Waals surface area (Å²) < 4.78 is 15.8. The summed E-state index contributed by atoms with van der Waals surface area (Å²) in [6.45, 7) is 4.78. The summed E-state index contributed by atoms with van der Waals surface area (Å²) in [5.41, 5.74) is 1.97. The molecule has 1 aromatic carbocycles. The summed E-state index contributed by atoms with van der Waals surface area (Å²) in [5.74, 6) is -0.753. The summed E-state index contributed by atoms with van der Waals surface area (Å²) in [7, 11) is 0. The van der Waals surface area contributed by atoms with Crippen LogP contribution in [0.2, 0.25) is 0 Å². The van der Waals surface area contributed by atoms with E-state index < -0.39 is 0 Å². The van der Waals surface area contributed by atoms with Crippen LogP contribution in [0.3, 0.4) is 0 Å². The van der Waals surface area contributed by atoms with E-state index in [2.05, 4.69) is 5.10 Å². The number of hydrogen-bond acceptors (Lipinski definition) is 3. The highest BCUT2D eigenvalue weighted by Gasteiger charge is 2.28. The molecule has 0 spiro atoms. The molecule has 2 heterocycles. The van der Waals surface area contributed by atoms with Crippen LogP contribution in [-0.4, -0.2) is 22.2 Å². The Bertz CT molecular complexity index is 860. The van der Waals surface area contributed by atoms with Crippen molar-refractivity contribution in [1.82, 2.24) is 9.78 Å². The van der Waals surface area contributed by atoms with Crippen molar-refractivity contribution in [3.63, 3.8) is 0 Å². The molecule has 3 rings (SSSR count). The molecular weight excluding hydrogens is 321 g/mol. The van der Waals surface area contributed by atoms with Crippen LogP contribution in [0.1, 0.15) is 47.8 Å². The molecule has 6 heteroatoms. The molecule has 0 saturated heterocycles. The number of hydrogen-bond donors (Lipinski definition) is 0. The number of fused-ring (bicyclic) bond motifs is 1. The summed E-state index contributed by atoms with van der Waals surface area (Å²) in [5, 5.41) is 4.20. The van der Waals surface area contributed by atoms with E-state index in [1.807, 2.05) is 19.9 Å². The molecule has 5 nitrogen and oxygen atoms in total. The standard InChI is InChI=1S/C19H22FN3O2/c1-3-4-10-23-17(24)8-7-16(21-23)19(25)22-9-5-6-14-11-13(2)12-15(20)18(14)22/h7-8,11-12H,3-6,9-10H2,1-2H3. The number of carbonyl (C=O) groups is 1. The van der Waals surface area contributed by atoms with Gasteiger partial charge in [0, 0.05) is 19.2 Å². The summed E-state index contributed by atoms with van der Waals surface area (Å²) >= 11 is 0. The minimum absolute atomic E-state index is 0.170. The van der Waals surface area contributed by atoms with Gasteiger partial charge in [0.2, 0.25) is 0 Å². The second-order valence-corrected chi connectivity index (χ2v) is 6.45. The number of benzene rings is 1. The smallest absolute Gasteiger partial charge is 0.278 e. The third-order valence-electron chi connectivity index (χ3n) is 4.44. The van der Waals surface area contributed by atoms with E-state index >= 15 is 0 Å². The Morgan fingerprint density at radius 2 is 2.12 bits per heavy atom. The van der Waals surface area contributed by atoms with Crippen molar-refractivity contribution in [2.75, 3.05) is 11.4 Å². The maximum absolute atomic E-state index is 14.5. The van der Waals surface area contributed by atoms with E-state index in [-0.39, 0.29) is 23.0 Å². The molecule has 2 aromatic rings. The third-order valence-corrected chi connectivity index (χ3v) is 4.44. The van der Waals surface area contributed by atoms with Crippen molar-refractivity contribution in [2.45, 2.75) is 46.1 Å². The zero-order valence-corrected chi connectivity index (χ0v) is 14.6. The summed E-state index contributed by atoms with van der Waals surface area (Å²) in [6.07, 6.45) is 3.26. The predicted molar refractivity (Wildman–Crippen MR) is 94.5 cm³/mol. The molecule has 0 unspecified atom stereocenters. The van der Waals surface area contributed by atoms with Gasteiger partial charge in [0.25, 0.3) is 11.5 Å². The normalized spacial score (nSPS) is 13.6. The summed E-state index contributed by atoms with van der Waals surface area (Å²) in [4.78, 5) is 26.2. The summed E-state index contributed by atoms with van der Waals surface area (Å²) in [6, 6.07) is 6.15. The molecule has 0 atom stereocenters. The van der Waals surface area contributed by atoms with Crippen LogP contribution in [0.4, 0.5) is 10.1 Å². The van der Waals surface area contributed by atoms with Gasteiger partial charge in [-0.3, -0.25) is 9.59 Å². The first-order chi connectivity index (χ1) is 12.0. The SMILES string of the molecule is CCCCn1nc(C(=O)N2CCCc3cc(C)cc(F)c32)ccc1=O. The molecular formula is C19H22FN3O2. The number of nitrogens with zero attached hydrogens (tertiary/aromatic N) is 3. The second kappa shape index (κ2) is 7.17. The van der Waals surface area contributed by atoms with Crippen LogP contribution in [0.25, 0.3) is 0 Å². The minimum Gasteiger partial charge on any atom is -0.304 e. The number of aromatic nitrogens is 2. The Hall–Kier alpha value is -2.50. The van der Waals surface area contributed by atoms with Gasteiger partial charge in [0.15, 0.2) is 0 Å². The minimum atomic E-state index is -0.387. The van der Waals surface area contributed by atoms with Gasteiger partial charge < -0.3 is 4.90 Å². The first kappa shape index (κ1) is 17.3. The Morgan fingerprint density at radius 3 is 2.88 bits per heavy atom. The number of aryl methyl sites for hydroxylation is 3. The van der Waals surface area contributed by atoms with Crippen LogP contribution in [0.15, 0.2) is 29.1 Å². The van der Waals surface area contributed by atoms with Crippen molar-refractivity contribution in [3.8, 4) is 0 Å². The zero-order chi connectivity index (χ0) is 18.0. The highest BCUT2D eigenvalue weighted by Crippen LogP contribution is 2.32. The fourth-order valence-electron chi connectivity index (χ4n) is 3.21. The molecule has 0 saturated carbocycles. The predicted octanol–water partition coefficient (Wildman–Crippen LogP) is 3.08. The lowest BCUT2D eigenvalue weighted by Crippen LogP contribution is -2.38. The van der Waals surface area contributed by atoms with Gasteiger partial charge in [-0.05, 0) is 49.4 Å². The van der Waals surface area contributed by atoms with Crippen molar-refractivity contribution < 1.29 is 9.18 Å². The van der Waals surface area contributed by atoms with E-state index in [9.17, 15) is 14.0 Å². The lowest BCUT2D eigenvalue weighted by Gasteiger charge is -2.30. The topological polar surface area (TPSA) is 55.2 Å². The van der Waals surface area contributed by atoms with Gasteiger partial charge >= 0.3 is 0 Å². The molecule has 1 aliphatic rings. The molecule has 132 valence electrons. The molecule has 1 aliphatic heterocycles. The number of rotatable bonds is 4. The third kappa shape index (κ3) is 3.48. The molecule has 1 aromatic heterocycles. The first-order valence-electron chi connectivity index (χ1n) is 8.70.